The van der Waals surface area contributed by atoms with Gasteiger partial charge in [0.25, 0.3) is 5.91 Å². The third kappa shape index (κ3) is 3.19. The maximum atomic E-state index is 12.2. The quantitative estimate of drug-likeness (QED) is 0.818. The van der Waals surface area contributed by atoms with Gasteiger partial charge in [-0.3, -0.25) is 4.79 Å². The highest BCUT2D eigenvalue weighted by molar-refractivity contribution is 6.34. The standard InChI is InChI=1S/C14H12Cl2N2O/c1-8-6-9(15)2-4-11(8)14(19)18-13-7-10(17)3-5-12(13)16/h2-7H,17H2,1H3,(H,18,19). The molecule has 0 saturated carbocycles. The van der Waals surface area contributed by atoms with E-state index in [1.165, 1.54) is 0 Å². The molecular formula is C14H12Cl2N2O. The number of nitrogens with one attached hydrogen (secondary N) is 1. The Morgan fingerprint density at radius 1 is 1.16 bits per heavy atom. The average molecular weight is 295 g/mol. The Bertz CT molecular complexity index is 641. The van der Waals surface area contributed by atoms with E-state index in [4.69, 9.17) is 28.9 Å². The van der Waals surface area contributed by atoms with Crippen molar-refractivity contribution in [3.05, 3.63) is 57.6 Å². The van der Waals surface area contributed by atoms with Gasteiger partial charge in [0.2, 0.25) is 0 Å². The van der Waals surface area contributed by atoms with E-state index in [0.29, 0.717) is 27.0 Å². The molecular weight excluding hydrogens is 283 g/mol. The second kappa shape index (κ2) is 5.51. The Kier molecular flexibility index (Phi) is 3.98. The summed E-state index contributed by atoms with van der Waals surface area (Å²) in [4.78, 5) is 12.2. The van der Waals surface area contributed by atoms with E-state index >= 15 is 0 Å². The predicted octanol–water partition coefficient (Wildman–Crippen LogP) is 4.14. The number of anilines is 2. The first-order chi connectivity index (χ1) is 8.97. The Hall–Kier alpha value is -1.71. The van der Waals surface area contributed by atoms with Crippen molar-refractivity contribution in [1.82, 2.24) is 0 Å². The number of nitrogens with two attached hydrogens (primary N) is 1. The number of rotatable bonds is 2. The Morgan fingerprint density at radius 3 is 2.58 bits per heavy atom. The average Bonchev–Trinajstić information content (AvgIpc) is 2.33. The number of halogens is 2. The number of carbonyl (C=O) groups is 1. The minimum atomic E-state index is -0.248. The molecule has 0 saturated heterocycles. The van der Waals surface area contributed by atoms with Crippen molar-refractivity contribution in [1.29, 1.82) is 0 Å². The van der Waals surface area contributed by atoms with Crippen molar-refractivity contribution in [2.75, 3.05) is 11.1 Å². The number of hydrogen-bond acceptors (Lipinski definition) is 2. The molecule has 0 aromatic heterocycles. The van der Waals surface area contributed by atoms with Crippen LogP contribution in [0.2, 0.25) is 10.0 Å². The number of hydrogen-bond donors (Lipinski definition) is 2. The third-order valence-corrected chi connectivity index (χ3v) is 3.24. The number of benzene rings is 2. The molecule has 0 aliphatic carbocycles. The van der Waals surface area contributed by atoms with Gasteiger partial charge in [-0.05, 0) is 48.9 Å². The van der Waals surface area contributed by atoms with Gasteiger partial charge in [-0.1, -0.05) is 23.2 Å². The van der Waals surface area contributed by atoms with Crippen LogP contribution in [0.25, 0.3) is 0 Å². The first kappa shape index (κ1) is 13.7. The topological polar surface area (TPSA) is 55.1 Å². The highest BCUT2D eigenvalue weighted by atomic mass is 35.5. The molecule has 5 heteroatoms. The summed E-state index contributed by atoms with van der Waals surface area (Å²) in [5.41, 5.74) is 8.03. The van der Waals surface area contributed by atoms with Crippen molar-refractivity contribution < 1.29 is 4.79 Å². The van der Waals surface area contributed by atoms with Crippen molar-refractivity contribution in [2.24, 2.45) is 0 Å². The molecule has 0 spiro atoms. The molecule has 0 radical (unpaired) electrons. The molecule has 0 fully saturated rings. The van der Waals surface area contributed by atoms with Gasteiger partial charge in [0, 0.05) is 16.3 Å². The summed E-state index contributed by atoms with van der Waals surface area (Å²) in [5, 5.41) is 3.77. The van der Waals surface area contributed by atoms with Gasteiger partial charge >= 0.3 is 0 Å². The van der Waals surface area contributed by atoms with Crippen molar-refractivity contribution in [3.8, 4) is 0 Å². The number of nitrogen functional groups attached to an aromatic ring is 1. The molecule has 0 heterocycles. The van der Waals surface area contributed by atoms with E-state index in [9.17, 15) is 4.79 Å². The summed E-state index contributed by atoms with van der Waals surface area (Å²) in [6.45, 7) is 1.82. The molecule has 19 heavy (non-hydrogen) atoms. The van der Waals surface area contributed by atoms with Gasteiger partial charge in [0.15, 0.2) is 0 Å². The summed E-state index contributed by atoms with van der Waals surface area (Å²) < 4.78 is 0. The van der Waals surface area contributed by atoms with Crippen LogP contribution < -0.4 is 11.1 Å². The zero-order valence-corrected chi connectivity index (χ0v) is 11.7. The van der Waals surface area contributed by atoms with Crippen LogP contribution in [0.15, 0.2) is 36.4 Å². The smallest absolute Gasteiger partial charge is 0.255 e. The molecule has 3 nitrogen and oxygen atoms in total. The lowest BCUT2D eigenvalue weighted by atomic mass is 10.1. The molecule has 0 atom stereocenters. The normalized spacial score (nSPS) is 10.3. The summed E-state index contributed by atoms with van der Waals surface area (Å²) in [7, 11) is 0. The fourth-order valence-electron chi connectivity index (χ4n) is 1.71. The Morgan fingerprint density at radius 2 is 1.89 bits per heavy atom. The second-order valence-electron chi connectivity index (χ2n) is 4.15. The van der Waals surface area contributed by atoms with Crippen molar-refractivity contribution >= 4 is 40.5 Å². The third-order valence-electron chi connectivity index (χ3n) is 2.67. The Balaban J connectivity index is 2.28. The molecule has 0 aliphatic heterocycles. The lowest BCUT2D eigenvalue weighted by Gasteiger charge is -2.10. The molecule has 0 aliphatic rings. The van der Waals surface area contributed by atoms with Gasteiger partial charge in [-0.15, -0.1) is 0 Å². The monoisotopic (exact) mass is 294 g/mol. The van der Waals surface area contributed by atoms with Crippen LogP contribution >= 0.6 is 23.2 Å². The minimum Gasteiger partial charge on any atom is -0.399 e. The van der Waals surface area contributed by atoms with Gasteiger partial charge in [0.1, 0.15) is 0 Å². The largest absolute Gasteiger partial charge is 0.399 e. The van der Waals surface area contributed by atoms with E-state index in [-0.39, 0.29) is 5.91 Å². The number of aryl methyl sites for hydroxylation is 1. The van der Waals surface area contributed by atoms with Crippen LogP contribution in [-0.2, 0) is 0 Å². The Labute approximate surface area is 121 Å². The molecule has 2 aromatic rings. The van der Waals surface area contributed by atoms with Crippen LogP contribution in [0.5, 0.6) is 0 Å². The number of carbonyl (C=O) groups excluding carboxylic acids is 1. The van der Waals surface area contributed by atoms with Gasteiger partial charge in [-0.25, -0.2) is 0 Å². The predicted molar refractivity (Wildman–Crippen MR) is 80.0 cm³/mol. The van der Waals surface area contributed by atoms with Gasteiger partial charge < -0.3 is 11.1 Å². The van der Waals surface area contributed by atoms with Gasteiger partial charge in [-0.2, -0.15) is 0 Å². The highest BCUT2D eigenvalue weighted by Crippen LogP contribution is 2.25. The minimum absolute atomic E-state index is 0.248. The highest BCUT2D eigenvalue weighted by Gasteiger charge is 2.11. The first-order valence-electron chi connectivity index (χ1n) is 5.60. The SMILES string of the molecule is Cc1cc(Cl)ccc1C(=O)Nc1cc(N)ccc1Cl. The van der Waals surface area contributed by atoms with E-state index in [1.54, 1.807) is 36.4 Å². The van der Waals surface area contributed by atoms with Crippen LogP contribution in [-0.4, -0.2) is 5.91 Å². The molecule has 3 N–H and O–H groups in total. The summed E-state index contributed by atoms with van der Waals surface area (Å²) in [6, 6.07) is 10.0. The zero-order chi connectivity index (χ0) is 14.0. The molecule has 2 rings (SSSR count). The fraction of sp³-hybridized carbons (Fsp3) is 0.0714. The lowest BCUT2D eigenvalue weighted by Crippen LogP contribution is -2.13. The van der Waals surface area contributed by atoms with Crippen LogP contribution in [0.4, 0.5) is 11.4 Å². The molecule has 0 unspecified atom stereocenters. The lowest BCUT2D eigenvalue weighted by molar-refractivity contribution is 0.102. The maximum Gasteiger partial charge on any atom is 0.255 e. The van der Waals surface area contributed by atoms with E-state index in [0.717, 1.165) is 5.56 Å². The molecule has 98 valence electrons. The van der Waals surface area contributed by atoms with Crippen LogP contribution in [0.1, 0.15) is 15.9 Å². The zero-order valence-electron chi connectivity index (χ0n) is 10.2. The van der Waals surface area contributed by atoms with Crippen molar-refractivity contribution in [3.63, 3.8) is 0 Å². The van der Waals surface area contributed by atoms with Crippen LogP contribution in [0.3, 0.4) is 0 Å². The van der Waals surface area contributed by atoms with Crippen LogP contribution in [0, 0.1) is 6.92 Å². The first-order valence-corrected chi connectivity index (χ1v) is 6.35. The second-order valence-corrected chi connectivity index (χ2v) is 5.00. The van der Waals surface area contributed by atoms with E-state index in [1.807, 2.05) is 6.92 Å². The molecule has 1 amide bonds. The summed E-state index contributed by atoms with van der Waals surface area (Å²) >= 11 is 11.9. The number of amides is 1. The fourth-order valence-corrected chi connectivity index (χ4v) is 2.10. The van der Waals surface area contributed by atoms with E-state index < -0.39 is 0 Å². The van der Waals surface area contributed by atoms with E-state index in [2.05, 4.69) is 5.32 Å². The molecule has 2 aromatic carbocycles. The summed E-state index contributed by atoms with van der Waals surface area (Å²) in [5.74, 6) is -0.248. The maximum absolute atomic E-state index is 12.2. The van der Waals surface area contributed by atoms with Gasteiger partial charge in [0.05, 0.1) is 10.7 Å². The summed E-state index contributed by atoms with van der Waals surface area (Å²) in [6.07, 6.45) is 0. The van der Waals surface area contributed by atoms with Crippen molar-refractivity contribution in [2.45, 2.75) is 6.92 Å². The molecule has 0 bridgehead atoms.